The van der Waals surface area contributed by atoms with Gasteiger partial charge in [0.05, 0.1) is 7.05 Å². The molecule has 64 valence electrons. The maximum Gasteiger partial charge on any atom is 0.216 e. The number of carbonyl (C=O) groups excluding carboxylic acids is 1. The lowest BCUT2D eigenvalue weighted by atomic mass is 10.1. The summed E-state index contributed by atoms with van der Waals surface area (Å²) in [5, 5.41) is 1.88. The molecule has 1 aromatic carbocycles. The third-order valence-corrected chi connectivity index (χ3v) is 1.76. The molecule has 0 saturated carbocycles. The molecule has 0 unspecified atom stereocenters. The van der Waals surface area contributed by atoms with Crippen LogP contribution in [-0.4, -0.2) is 19.4 Å². The Labute approximate surface area is 72.6 Å². The Hall–Kier alpha value is -1.15. The van der Waals surface area contributed by atoms with Crippen LogP contribution >= 0.6 is 0 Å². The predicted octanol–water partition coefficient (Wildman–Crippen LogP) is 0.371. The van der Waals surface area contributed by atoms with Crippen molar-refractivity contribution in [1.29, 1.82) is 0 Å². The minimum atomic E-state index is 0.192. The summed E-state index contributed by atoms with van der Waals surface area (Å²) in [6.07, 6.45) is 0. The van der Waals surface area contributed by atoms with Crippen LogP contribution in [0.4, 0.5) is 0 Å². The van der Waals surface area contributed by atoms with Crippen LogP contribution in [0.15, 0.2) is 24.3 Å². The van der Waals surface area contributed by atoms with Crippen LogP contribution in [0.3, 0.4) is 0 Å². The number of quaternary nitrogens is 1. The second-order valence-electron chi connectivity index (χ2n) is 2.90. The molecule has 0 aliphatic carbocycles. The highest BCUT2D eigenvalue weighted by atomic mass is 16.1. The number of likely N-dealkylation sites (N-methyl/N-ethyl adjacent to an activating group) is 1. The first-order chi connectivity index (χ1) is 5.74. The van der Waals surface area contributed by atoms with Gasteiger partial charge in [-0.3, -0.25) is 4.79 Å². The lowest BCUT2D eigenvalue weighted by molar-refractivity contribution is -0.614. The zero-order chi connectivity index (χ0) is 8.97. The Morgan fingerprint density at radius 3 is 2.42 bits per heavy atom. The Balaban J connectivity index is 2.75. The highest BCUT2D eigenvalue weighted by Gasteiger charge is 2.04. The van der Waals surface area contributed by atoms with Gasteiger partial charge in [-0.15, -0.1) is 0 Å². The molecule has 12 heavy (non-hydrogen) atoms. The zero-order valence-corrected chi connectivity index (χ0v) is 7.50. The second kappa shape index (κ2) is 4.02. The summed E-state index contributed by atoms with van der Waals surface area (Å²) in [6.45, 7) is 2.54. The molecule has 0 radical (unpaired) electrons. The molecule has 1 rings (SSSR count). The van der Waals surface area contributed by atoms with Gasteiger partial charge in [-0.25, -0.2) is 0 Å². The lowest BCUT2D eigenvalue weighted by Crippen LogP contribution is -2.81. The fourth-order valence-corrected chi connectivity index (χ4v) is 1.04. The summed E-state index contributed by atoms with van der Waals surface area (Å²) < 4.78 is 0. The predicted molar refractivity (Wildman–Crippen MR) is 48.2 cm³/mol. The highest BCUT2D eigenvalue weighted by Crippen LogP contribution is 2.02. The third-order valence-electron chi connectivity index (χ3n) is 1.76. The topological polar surface area (TPSA) is 33.7 Å². The number of nitrogens with two attached hydrogens (primary N) is 1. The fourth-order valence-electron chi connectivity index (χ4n) is 1.04. The molecule has 0 bridgehead atoms. The molecule has 0 saturated heterocycles. The summed E-state index contributed by atoms with van der Waals surface area (Å²) in [6, 6.07) is 7.67. The number of ketones is 1. The Morgan fingerprint density at radius 2 is 1.92 bits per heavy atom. The van der Waals surface area contributed by atoms with Crippen LogP contribution in [-0.2, 0) is 0 Å². The zero-order valence-electron chi connectivity index (χ0n) is 7.50. The quantitative estimate of drug-likeness (QED) is 0.643. The average Bonchev–Trinajstić information content (AvgIpc) is 2.06. The van der Waals surface area contributed by atoms with E-state index in [0.717, 1.165) is 5.56 Å². The van der Waals surface area contributed by atoms with Crippen molar-refractivity contribution < 1.29 is 10.1 Å². The van der Waals surface area contributed by atoms with E-state index < -0.39 is 0 Å². The highest BCUT2D eigenvalue weighted by molar-refractivity contribution is 5.96. The van der Waals surface area contributed by atoms with E-state index in [2.05, 4.69) is 0 Å². The monoisotopic (exact) mass is 164 g/mol. The van der Waals surface area contributed by atoms with Gasteiger partial charge >= 0.3 is 0 Å². The lowest BCUT2D eigenvalue weighted by Gasteiger charge is -1.97. The maximum atomic E-state index is 11.3. The summed E-state index contributed by atoms with van der Waals surface area (Å²) in [4.78, 5) is 11.3. The number of aryl methyl sites for hydroxylation is 1. The van der Waals surface area contributed by atoms with E-state index in [4.69, 9.17) is 0 Å². The van der Waals surface area contributed by atoms with Crippen LogP contribution in [0.1, 0.15) is 15.9 Å². The number of hydrogen-bond donors (Lipinski definition) is 1. The largest absolute Gasteiger partial charge is 0.342 e. The molecular weight excluding hydrogens is 150 g/mol. The molecule has 2 nitrogen and oxygen atoms in total. The van der Waals surface area contributed by atoms with E-state index in [0.29, 0.717) is 6.54 Å². The maximum absolute atomic E-state index is 11.3. The van der Waals surface area contributed by atoms with Gasteiger partial charge in [-0.2, -0.15) is 0 Å². The Kier molecular flexibility index (Phi) is 3.00. The van der Waals surface area contributed by atoms with Gasteiger partial charge in [0.25, 0.3) is 0 Å². The first kappa shape index (κ1) is 8.94. The SMILES string of the molecule is C[NH2+]CC(=O)c1ccc(C)cc1. The van der Waals surface area contributed by atoms with Crippen LogP contribution < -0.4 is 5.32 Å². The molecule has 0 spiro atoms. The van der Waals surface area contributed by atoms with Crippen molar-refractivity contribution in [2.45, 2.75) is 6.92 Å². The third kappa shape index (κ3) is 2.17. The van der Waals surface area contributed by atoms with Gasteiger partial charge in [0.2, 0.25) is 5.78 Å². The molecule has 0 fully saturated rings. The van der Waals surface area contributed by atoms with E-state index in [1.54, 1.807) is 0 Å². The van der Waals surface area contributed by atoms with E-state index in [1.165, 1.54) is 5.56 Å². The number of hydrogen-bond acceptors (Lipinski definition) is 1. The van der Waals surface area contributed by atoms with Crippen molar-refractivity contribution >= 4 is 5.78 Å². The molecule has 0 aromatic heterocycles. The van der Waals surface area contributed by atoms with Crippen molar-refractivity contribution in [2.75, 3.05) is 13.6 Å². The van der Waals surface area contributed by atoms with Crippen molar-refractivity contribution in [2.24, 2.45) is 0 Å². The number of carbonyl (C=O) groups is 1. The van der Waals surface area contributed by atoms with E-state index in [1.807, 2.05) is 43.6 Å². The van der Waals surface area contributed by atoms with Gasteiger partial charge in [0.15, 0.2) is 0 Å². The summed E-state index contributed by atoms with van der Waals surface area (Å²) in [7, 11) is 1.89. The minimum absolute atomic E-state index is 0.192. The van der Waals surface area contributed by atoms with Gasteiger partial charge in [-0.1, -0.05) is 29.8 Å². The summed E-state index contributed by atoms with van der Waals surface area (Å²) >= 11 is 0. The van der Waals surface area contributed by atoms with Crippen LogP contribution in [0.5, 0.6) is 0 Å². The number of rotatable bonds is 3. The van der Waals surface area contributed by atoms with Gasteiger partial charge < -0.3 is 5.32 Å². The molecule has 0 aliphatic rings. The minimum Gasteiger partial charge on any atom is -0.342 e. The molecule has 0 aliphatic heterocycles. The molecule has 0 atom stereocenters. The molecule has 2 N–H and O–H groups in total. The van der Waals surface area contributed by atoms with Crippen LogP contribution in [0.2, 0.25) is 0 Å². The molecular formula is C10H14NO+. The number of Topliss-reactive ketones (excluding diaryl/α,β-unsaturated/α-hetero) is 1. The normalized spacial score (nSPS) is 9.83. The Bertz CT molecular complexity index is 264. The van der Waals surface area contributed by atoms with E-state index in [-0.39, 0.29) is 5.78 Å². The summed E-state index contributed by atoms with van der Waals surface area (Å²) in [5.41, 5.74) is 1.99. The molecule has 1 aromatic rings. The van der Waals surface area contributed by atoms with Crippen molar-refractivity contribution in [3.8, 4) is 0 Å². The van der Waals surface area contributed by atoms with Crippen LogP contribution in [0.25, 0.3) is 0 Å². The average molecular weight is 164 g/mol. The van der Waals surface area contributed by atoms with E-state index >= 15 is 0 Å². The van der Waals surface area contributed by atoms with Crippen molar-refractivity contribution in [3.05, 3.63) is 35.4 Å². The first-order valence-electron chi connectivity index (χ1n) is 4.11. The van der Waals surface area contributed by atoms with Crippen molar-refractivity contribution in [1.82, 2.24) is 0 Å². The first-order valence-corrected chi connectivity index (χ1v) is 4.11. The van der Waals surface area contributed by atoms with Gasteiger partial charge in [0, 0.05) is 5.56 Å². The fraction of sp³-hybridized carbons (Fsp3) is 0.300. The standard InChI is InChI=1S/C10H13NO/c1-8-3-5-9(6-4-8)10(12)7-11-2/h3-6,11H,7H2,1-2H3/p+1. The second-order valence-corrected chi connectivity index (χ2v) is 2.90. The van der Waals surface area contributed by atoms with E-state index in [9.17, 15) is 4.79 Å². The van der Waals surface area contributed by atoms with Crippen LogP contribution in [0, 0.1) is 6.92 Å². The molecule has 2 heteroatoms. The summed E-state index contributed by atoms with van der Waals surface area (Å²) in [5.74, 6) is 0.192. The molecule has 0 amide bonds. The number of benzene rings is 1. The van der Waals surface area contributed by atoms with Gasteiger partial charge in [-0.05, 0) is 6.92 Å². The van der Waals surface area contributed by atoms with Crippen molar-refractivity contribution in [3.63, 3.8) is 0 Å². The van der Waals surface area contributed by atoms with Gasteiger partial charge in [0.1, 0.15) is 6.54 Å². The Morgan fingerprint density at radius 1 is 1.33 bits per heavy atom. The smallest absolute Gasteiger partial charge is 0.216 e. The molecule has 0 heterocycles.